The molecule has 0 aliphatic heterocycles. The van der Waals surface area contributed by atoms with Crippen LogP contribution in [0.4, 0.5) is 8.78 Å². The van der Waals surface area contributed by atoms with E-state index in [1.807, 2.05) is 6.92 Å². The smallest absolute Gasteiger partial charge is 0.159 e. The van der Waals surface area contributed by atoms with Crippen LogP contribution in [0.3, 0.4) is 0 Å². The number of benzene rings is 1. The van der Waals surface area contributed by atoms with Gasteiger partial charge < -0.3 is 5.32 Å². The highest BCUT2D eigenvalue weighted by Gasteiger charge is 2.09. The summed E-state index contributed by atoms with van der Waals surface area (Å²) >= 11 is 0. The molecule has 1 aromatic carbocycles. The molecule has 6 heteroatoms. The van der Waals surface area contributed by atoms with Crippen molar-refractivity contribution >= 4 is 0 Å². The summed E-state index contributed by atoms with van der Waals surface area (Å²) in [5.41, 5.74) is 0.684. The molecule has 90 valence electrons. The van der Waals surface area contributed by atoms with Crippen molar-refractivity contribution in [2.24, 2.45) is 0 Å². The van der Waals surface area contributed by atoms with Crippen LogP contribution in [0.15, 0.2) is 24.5 Å². The normalized spacial score (nSPS) is 12.6. The van der Waals surface area contributed by atoms with Crippen molar-refractivity contribution in [3.8, 4) is 0 Å². The Bertz CT molecular complexity index is 484. The van der Waals surface area contributed by atoms with Crippen molar-refractivity contribution < 1.29 is 8.78 Å². The van der Waals surface area contributed by atoms with Crippen molar-refractivity contribution in [3.63, 3.8) is 0 Å². The van der Waals surface area contributed by atoms with Gasteiger partial charge in [-0.15, -0.1) is 0 Å². The van der Waals surface area contributed by atoms with E-state index < -0.39 is 11.6 Å². The summed E-state index contributed by atoms with van der Waals surface area (Å²) < 4.78 is 25.8. The Balaban J connectivity index is 1.99. The first-order valence-electron chi connectivity index (χ1n) is 5.19. The lowest BCUT2D eigenvalue weighted by Crippen LogP contribution is -2.19. The Hall–Kier alpha value is -1.82. The fourth-order valence-corrected chi connectivity index (χ4v) is 1.47. The summed E-state index contributed by atoms with van der Waals surface area (Å²) in [6, 6.07) is 3.76. The van der Waals surface area contributed by atoms with Crippen molar-refractivity contribution in [3.05, 3.63) is 47.5 Å². The van der Waals surface area contributed by atoms with Gasteiger partial charge in [0.05, 0.1) is 6.54 Å². The summed E-state index contributed by atoms with van der Waals surface area (Å²) in [6.07, 6.45) is 1.42. The first-order valence-corrected chi connectivity index (χ1v) is 5.19. The molecule has 1 heterocycles. The van der Waals surface area contributed by atoms with Gasteiger partial charge in [0.2, 0.25) is 0 Å². The number of H-pyrrole nitrogens is 1. The molecule has 1 atom stereocenters. The Morgan fingerprint density at radius 3 is 2.82 bits per heavy atom. The van der Waals surface area contributed by atoms with Crippen LogP contribution in [0.2, 0.25) is 0 Å². The van der Waals surface area contributed by atoms with Crippen molar-refractivity contribution in [2.75, 3.05) is 0 Å². The largest absolute Gasteiger partial charge is 0.303 e. The highest BCUT2D eigenvalue weighted by atomic mass is 19.2. The minimum atomic E-state index is -0.837. The van der Waals surface area contributed by atoms with E-state index in [1.54, 1.807) is 6.07 Å². The highest BCUT2D eigenvalue weighted by Crippen LogP contribution is 2.16. The predicted octanol–water partition coefficient (Wildman–Crippen LogP) is 1.93. The van der Waals surface area contributed by atoms with Crippen LogP contribution < -0.4 is 5.32 Å². The molecule has 0 amide bonds. The third kappa shape index (κ3) is 2.85. The monoisotopic (exact) mass is 238 g/mol. The second kappa shape index (κ2) is 5.01. The molecular formula is C11H12F2N4. The first kappa shape index (κ1) is 11.7. The maximum atomic E-state index is 13.0. The predicted molar refractivity (Wildman–Crippen MR) is 58.0 cm³/mol. The molecule has 0 aliphatic rings. The fraction of sp³-hybridized carbons (Fsp3) is 0.273. The average Bonchev–Trinajstić information content (AvgIpc) is 2.82. The molecule has 2 aromatic rings. The van der Waals surface area contributed by atoms with Gasteiger partial charge in [-0.3, -0.25) is 5.10 Å². The number of hydrogen-bond donors (Lipinski definition) is 2. The van der Waals surface area contributed by atoms with E-state index in [0.717, 1.165) is 6.07 Å². The van der Waals surface area contributed by atoms with Crippen LogP contribution in [0.5, 0.6) is 0 Å². The molecule has 0 saturated carbocycles. The molecule has 0 fully saturated rings. The minimum Gasteiger partial charge on any atom is -0.303 e. The van der Waals surface area contributed by atoms with Gasteiger partial charge in [0.15, 0.2) is 11.6 Å². The Morgan fingerprint density at radius 1 is 1.35 bits per heavy atom. The standard InChI is InChI=1S/C11H12F2N4/c1-7(14-5-11-15-6-16-17-11)8-2-3-9(12)10(13)4-8/h2-4,6-7,14H,5H2,1H3,(H,15,16,17). The van der Waals surface area contributed by atoms with Gasteiger partial charge in [-0.25, -0.2) is 13.8 Å². The summed E-state index contributed by atoms with van der Waals surface area (Å²) in [5.74, 6) is -0.980. The van der Waals surface area contributed by atoms with Crippen LogP contribution in [0, 0.1) is 11.6 Å². The molecule has 0 spiro atoms. The molecular weight excluding hydrogens is 226 g/mol. The van der Waals surface area contributed by atoms with Gasteiger partial charge in [0.25, 0.3) is 0 Å². The third-order valence-electron chi connectivity index (χ3n) is 2.48. The molecule has 0 aliphatic carbocycles. The Morgan fingerprint density at radius 2 is 2.18 bits per heavy atom. The van der Waals surface area contributed by atoms with Crippen molar-refractivity contribution in [1.82, 2.24) is 20.5 Å². The molecule has 1 unspecified atom stereocenters. The molecule has 0 bridgehead atoms. The molecule has 0 radical (unpaired) electrons. The van der Waals surface area contributed by atoms with Gasteiger partial charge in [0.1, 0.15) is 12.2 Å². The maximum Gasteiger partial charge on any atom is 0.159 e. The Labute approximate surface area is 97.1 Å². The molecule has 4 nitrogen and oxygen atoms in total. The second-order valence-corrected chi connectivity index (χ2v) is 3.71. The maximum absolute atomic E-state index is 13.0. The van der Waals surface area contributed by atoms with Gasteiger partial charge >= 0.3 is 0 Å². The van der Waals surface area contributed by atoms with E-state index in [-0.39, 0.29) is 6.04 Å². The molecule has 0 saturated heterocycles. The van der Waals surface area contributed by atoms with E-state index in [2.05, 4.69) is 20.5 Å². The van der Waals surface area contributed by atoms with Gasteiger partial charge in [-0.05, 0) is 24.6 Å². The zero-order valence-electron chi connectivity index (χ0n) is 9.24. The van der Waals surface area contributed by atoms with E-state index in [9.17, 15) is 8.78 Å². The zero-order valence-corrected chi connectivity index (χ0v) is 9.24. The minimum absolute atomic E-state index is 0.102. The molecule has 17 heavy (non-hydrogen) atoms. The average molecular weight is 238 g/mol. The SMILES string of the molecule is CC(NCc1ncn[nH]1)c1ccc(F)c(F)c1. The fourth-order valence-electron chi connectivity index (χ4n) is 1.47. The van der Waals surface area contributed by atoms with Crippen LogP contribution in [0.25, 0.3) is 0 Å². The lowest BCUT2D eigenvalue weighted by Gasteiger charge is -2.13. The summed E-state index contributed by atoms with van der Waals surface area (Å²) in [5, 5.41) is 9.54. The molecule has 2 rings (SSSR count). The van der Waals surface area contributed by atoms with Crippen LogP contribution in [0.1, 0.15) is 24.4 Å². The lowest BCUT2D eigenvalue weighted by molar-refractivity contribution is 0.499. The van der Waals surface area contributed by atoms with Gasteiger partial charge in [0, 0.05) is 6.04 Å². The van der Waals surface area contributed by atoms with Crippen LogP contribution in [-0.2, 0) is 6.54 Å². The number of aromatic nitrogens is 3. The summed E-state index contributed by atoms with van der Waals surface area (Å²) in [7, 11) is 0. The number of halogens is 2. The van der Waals surface area contributed by atoms with Crippen LogP contribution in [-0.4, -0.2) is 15.2 Å². The third-order valence-corrected chi connectivity index (χ3v) is 2.48. The first-order chi connectivity index (χ1) is 8.16. The topological polar surface area (TPSA) is 53.6 Å². The number of aromatic amines is 1. The van der Waals surface area contributed by atoms with Crippen molar-refractivity contribution in [1.29, 1.82) is 0 Å². The molecule has 1 aromatic heterocycles. The van der Waals surface area contributed by atoms with Gasteiger partial charge in [-0.1, -0.05) is 6.07 Å². The van der Waals surface area contributed by atoms with E-state index in [1.165, 1.54) is 12.4 Å². The number of hydrogen-bond acceptors (Lipinski definition) is 3. The number of nitrogens with zero attached hydrogens (tertiary/aromatic N) is 2. The van der Waals surface area contributed by atoms with Crippen LogP contribution >= 0.6 is 0 Å². The molecule has 2 N–H and O–H groups in total. The Kier molecular flexibility index (Phi) is 3.43. The van der Waals surface area contributed by atoms with E-state index in [4.69, 9.17) is 0 Å². The summed E-state index contributed by atoms with van der Waals surface area (Å²) in [6.45, 7) is 2.35. The van der Waals surface area contributed by atoms with Gasteiger partial charge in [-0.2, -0.15) is 5.10 Å². The second-order valence-electron chi connectivity index (χ2n) is 3.71. The van der Waals surface area contributed by atoms with E-state index in [0.29, 0.717) is 17.9 Å². The number of rotatable bonds is 4. The lowest BCUT2D eigenvalue weighted by atomic mass is 10.1. The highest BCUT2D eigenvalue weighted by molar-refractivity contribution is 5.20. The van der Waals surface area contributed by atoms with E-state index >= 15 is 0 Å². The number of nitrogens with one attached hydrogen (secondary N) is 2. The summed E-state index contributed by atoms with van der Waals surface area (Å²) in [4.78, 5) is 3.95. The van der Waals surface area contributed by atoms with Crippen molar-refractivity contribution in [2.45, 2.75) is 19.5 Å². The zero-order chi connectivity index (χ0) is 12.3. The quantitative estimate of drug-likeness (QED) is 0.855.